The summed E-state index contributed by atoms with van der Waals surface area (Å²) in [5.41, 5.74) is -1.38. The highest BCUT2D eigenvalue weighted by atomic mass is 32.2. The van der Waals surface area contributed by atoms with Gasteiger partial charge in [0.2, 0.25) is 11.5 Å². The molecule has 0 saturated carbocycles. The number of pyridine rings is 1. The van der Waals surface area contributed by atoms with Gasteiger partial charge in [-0.05, 0) is 18.2 Å². The average Bonchev–Trinajstić information content (AvgIpc) is 3.40. The number of halogens is 2. The first kappa shape index (κ1) is 19.2. The second-order valence-electron chi connectivity index (χ2n) is 5.91. The lowest BCUT2D eigenvalue weighted by atomic mass is 10.0. The molecule has 0 saturated heterocycles. The van der Waals surface area contributed by atoms with Gasteiger partial charge in [0.25, 0.3) is 15.2 Å². The van der Waals surface area contributed by atoms with Crippen LogP contribution in [0.4, 0.5) is 20.2 Å². The molecule has 10 nitrogen and oxygen atoms in total. The molecule has 1 aromatic carbocycles. The summed E-state index contributed by atoms with van der Waals surface area (Å²) in [7, 11) is -4.35. The zero-order valence-corrected chi connectivity index (χ0v) is 15.5. The molecule has 0 aliphatic carbocycles. The fraction of sp³-hybridized carbons (Fsp3) is 0. The van der Waals surface area contributed by atoms with Crippen molar-refractivity contribution in [1.82, 2.24) is 25.1 Å². The molecule has 0 fully saturated rings. The van der Waals surface area contributed by atoms with E-state index >= 15 is 0 Å². The molecule has 0 radical (unpaired) electrons. The normalized spacial score (nSPS) is 11.4. The minimum absolute atomic E-state index is 0.129. The minimum Gasteiger partial charge on any atom is -0.345 e. The molecule has 0 amide bonds. The Balaban J connectivity index is 1.79. The molecule has 0 aliphatic rings. The zero-order chi connectivity index (χ0) is 21.5. The van der Waals surface area contributed by atoms with Crippen LogP contribution in [0, 0.1) is 18.2 Å². The molecule has 0 bridgehead atoms. The number of carbonyl (C=O) groups excluding carboxylic acids is 1. The molecule has 13 heteroatoms. The predicted molar refractivity (Wildman–Crippen MR) is 99.3 cm³/mol. The number of hydrogen-bond donors (Lipinski definition) is 3. The average molecular weight is 429 g/mol. The highest BCUT2D eigenvalue weighted by molar-refractivity contribution is 7.92. The van der Waals surface area contributed by atoms with E-state index < -0.39 is 43.8 Å². The Hall–Kier alpha value is -4.18. The fourth-order valence-corrected chi connectivity index (χ4v) is 3.63. The van der Waals surface area contributed by atoms with Gasteiger partial charge in [0.15, 0.2) is 5.82 Å². The summed E-state index contributed by atoms with van der Waals surface area (Å²) in [4.78, 5) is 26.2. The number of hydrogen-bond acceptors (Lipinski definition) is 6. The van der Waals surface area contributed by atoms with Crippen molar-refractivity contribution in [2.24, 2.45) is 0 Å². The van der Waals surface area contributed by atoms with Crippen LogP contribution >= 0.6 is 0 Å². The van der Waals surface area contributed by atoms with Gasteiger partial charge < -0.3 is 4.98 Å². The van der Waals surface area contributed by atoms with Crippen molar-refractivity contribution >= 4 is 38.2 Å². The third kappa shape index (κ3) is 3.14. The summed E-state index contributed by atoms with van der Waals surface area (Å²) in [6, 6.07) is 2.95. The number of benzene rings is 1. The summed E-state index contributed by atoms with van der Waals surface area (Å²) in [6.45, 7) is 7.05. The number of aromatic nitrogens is 5. The number of sulfonamides is 1. The van der Waals surface area contributed by atoms with Gasteiger partial charge >= 0.3 is 0 Å². The second-order valence-corrected chi connectivity index (χ2v) is 7.51. The maximum atomic E-state index is 15.0. The third-order valence-electron chi connectivity index (χ3n) is 4.10. The van der Waals surface area contributed by atoms with Crippen LogP contribution in [0.2, 0.25) is 0 Å². The zero-order valence-electron chi connectivity index (χ0n) is 14.6. The van der Waals surface area contributed by atoms with E-state index in [1.165, 1.54) is 18.5 Å². The summed E-state index contributed by atoms with van der Waals surface area (Å²) < 4.78 is 55.7. The molecular formula is C17H9F2N7O3S. The van der Waals surface area contributed by atoms with Crippen LogP contribution in [0.5, 0.6) is 0 Å². The monoisotopic (exact) mass is 429 g/mol. The number of rotatable bonds is 5. The van der Waals surface area contributed by atoms with E-state index in [4.69, 9.17) is 6.57 Å². The number of H-pyrrole nitrogens is 2. The first-order chi connectivity index (χ1) is 14.3. The van der Waals surface area contributed by atoms with Crippen LogP contribution < -0.4 is 4.72 Å². The van der Waals surface area contributed by atoms with Gasteiger partial charge in [-0.2, -0.15) is 13.5 Å². The van der Waals surface area contributed by atoms with E-state index in [-0.39, 0.29) is 22.3 Å². The number of nitrogens with zero attached hydrogens (tertiary/aromatic N) is 4. The number of ketones is 1. The molecular weight excluding hydrogens is 420 g/mol. The summed E-state index contributed by atoms with van der Waals surface area (Å²) >= 11 is 0. The van der Waals surface area contributed by atoms with Crippen LogP contribution in [0.1, 0.15) is 15.9 Å². The Morgan fingerprint density at radius 2 is 2.03 bits per heavy atom. The van der Waals surface area contributed by atoms with Gasteiger partial charge in [-0.25, -0.2) is 23.7 Å². The molecule has 3 N–H and O–H groups in total. The molecule has 150 valence electrons. The smallest absolute Gasteiger partial charge is 0.297 e. The minimum atomic E-state index is -4.35. The highest BCUT2D eigenvalue weighted by Crippen LogP contribution is 2.29. The van der Waals surface area contributed by atoms with E-state index in [0.29, 0.717) is 0 Å². The lowest BCUT2D eigenvalue weighted by molar-refractivity contribution is 0.103. The van der Waals surface area contributed by atoms with E-state index in [1.807, 2.05) is 4.72 Å². The number of carbonyl (C=O) groups is 1. The van der Waals surface area contributed by atoms with Crippen LogP contribution in [0.3, 0.4) is 0 Å². The van der Waals surface area contributed by atoms with Crippen molar-refractivity contribution in [1.29, 1.82) is 0 Å². The Morgan fingerprint density at radius 3 is 2.73 bits per heavy atom. The topological polar surface area (TPSA) is 138 Å². The Kier molecular flexibility index (Phi) is 4.47. The Morgan fingerprint density at radius 1 is 1.23 bits per heavy atom. The van der Waals surface area contributed by atoms with Gasteiger partial charge in [-0.1, -0.05) is 0 Å². The first-order valence-electron chi connectivity index (χ1n) is 8.07. The maximum absolute atomic E-state index is 15.0. The van der Waals surface area contributed by atoms with Gasteiger partial charge in [-0.15, -0.1) is 0 Å². The van der Waals surface area contributed by atoms with Gasteiger partial charge in [0.1, 0.15) is 17.8 Å². The second kappa shape index (κ2) is 7.01. The van der Waals surface area contributed by atoms with Gasteiger partial charge in [0, 0.05) is 23.3 Å². The van der Waals surface area contributed by atoms with Gasteiger partial charge in [-0.3, -0.25) is 14.5 Å². The van der Waals surface area contributed by atoms with Crippen molar-refractivity contribution in [3.8, 4) is 0 Å². The molecule has 4 rings (SSSR count). The molecule has 0 atom stereocenters. The van der Waals surface area contributed by atoms with Crippen molar-refractivity contribution < 1.29 is 22.0 Å². The van der Waals surface area contributed by atoms with Crippen LogP contribution in [-0.4, -0.2) is 39.4 Å². The van der Waals surface area contributed by atoms with Gasteiger partial charge in [0.05, 0.1) is 17.8 Å². The molecule has 30 heavy (non-hydrogen) atoms. The first-order valence-corrected chi connectivity index (χ1v) is 9.55. The third-order valence-corrected chi connectivity index (χ3v) is 5.29. The Labute approximate surface area is 166 Å². The standard InChI is InChI=1S/C17H9F2N7O3S/c1-20-8-4-9-10(6-22-16(9)21-5-8)15(27)13-11(18)2-3-12(14(13)19)26-30(28,29)17-23-7-24-25-17/h2-7,26H,(H,21,22)(H,23,24,25). The van der Waals surface area contributed by atoms with Crippen LogP contribution in [-0.2, 0) is 10.0 Å². The van der Waals surface area contributed by atoms with E-state index in [1.54, 1.807) is 0 Å². The molecule has 4 aromatic rings. The fourth-order valence-electron chi connectivity index (χ4n) is 2.73. The highest BCUT2D eigenvalue weighted by Gasteiger charge is 2.27. The SMILES string of the molecule is [C-]#[N+]c1cnc2[nH]cc(C(=O)c3c(F)ccc(NS(=O)(=O)c4ncn[nH]4)c3F)c2c1. The van der Waals surface area contributed by atoms with E-state index in [2.05, 4.69) is 30.0 Å². The lowest BCUT2D eigenvalue weighted by Crippen LogP contribution is -2.17. The quantitative estimate of drug-likeness (QED) is 0.329. The van der Waals surface area contributed by atoms with Crippen LogP contribution in [0.25, 0.3) is 15.9 Å². The summed E-state index contributed by atoms with van der Waals surface area (Å²) in [5, 5.41) is 5.11. The van der Waals surface area contributed by atoms with E-state index in [9.17, 15) is 22.0 Å². The number of aromatic amines is 2. The number of anilines is 1. The molecule has 3 aromatic heterocycles. The summed E-state index contributed by atoms with van der Waals surface area (Å²) in [5.74, 6) is -3.66. The number of fused-ring (bicyclic) bond motifs is 1. The summed E-state index contributed by atoms with van der Waals surface area (Å²) in [6.07, 6.45) is 3.42. The van der Waals surface area contributed by atoms with E-state index in [0.717, 1.165) is 18.5 Å². The van der Waals surface area contributed by atoms with Crippen LogP contribution in [0.15, 0.2) is 42.1 Å². The predicted octanol–water partition coefficient (Wildman–Crippen LogP) is 2.54. The van der Waals surface area contributed by atoms with Crippen molar-refractivity contribution in [3.63, 3.8) is 0 Å². The lowest BCUT2D eigenvalue weighted by Gasteiger charge is -2.10. The molecule has 3 heterocycles. The largest absolute Gasteiger partial charge is 0.345 e. The van der Waals surface area contributed by atoms with Crippen molar-refractivity contribution in [2.75, 3.05) is 4.72 Å². The number of nitrogens with one attached hydrogen (secondary N) is 3. The molecule has 0 unspecified atom stereocenters. The van der Waals surface area contributed by atoms with Crippen molar-refractivity contribution in [3.05, 3.63) is 71.1 Å². The Bertz CT molecular complexity index is 1440. The maximum Gasteiger partial charge on any atom is 0.297 e. The molecule has 0 aliphatic heterocycles. The molecule has 0 spiro atoms. The van der Waals surface area contributed by atoms with Crippen molar-refractivity contribution in [2.45, 2.75) is 5.16 Å².